The molecule has 6 nitrogen and oxygen atoms in total. The van der Waals surface area contributed by atoms with E-state index in [4.69, 9.17) is 16.3 Å². The Morgan fingerprint density at radius 2 is 1.94 bits per heavy atom. The summed E-state index contributed by atoms with van der Waals surface area (Å²) in [6, 6.07) is 12.0. The fourth-order valence-corrected chi connectivity index (χ4v) is 4.63. The highest BCUT2D eigenvalue weighted by atomic mass is 35.5. The Morgan fingerprint density at radius 3 is 2.67 bits per heavy atom. The lowest BCUT2D eigenvalue weighted by Crippen LogP contribution is -2.35. The number of rotatable bonds is 6. The summed E-state index contributed by atoms with van der Waals surface area (Å²) in [4.78, 5) is 38.2. The fourth-order valence-electron chi connectivity index (χ4n) is 3.58. The Bertz CT molecular complexity index is 1280. The minimum atomic E-state index is -0.646. The van der Waals surface area contributed by atoms with Crippen LogP contribution in [0.5, 0.6) is 0 Å². The van der Waals surface area contributed by atoms with E-state index in [-0.39, 0.29) is 17.6 Å². The van der Waals surface area contributed by atoms with Crippen LogP contribution in [0.2, 0.25) is 5.02 Å². The van der Waals surface area contributed by atoms with Crippen LogP contribution in [0, 0.1) is 5.82 Å². The number of benzene rings is 2. The topological polar surface area (TPSA) is 68.6 Å². The first-order valence-electron chi connectivity index (χ1n) is 10.2. The normalized spacial score (nSPS) is 15.3. The van der Waals surface area contributed by atoms with Crippen molar-refractivity contribution in [3.05, 3.63) is 75.5 Å². The second-order valence-electron chi connectivity index (χ2n) is 7.74. The maximum Gasteiger partial charge on any atom is 0.326 e. The van der Waals surface area contributed by atoms with Crippen LogP contribution in [0.15, 0.2) is 53.6 Å². The molecule has 0 atom stereocenters. The van der Waals surface area contributed by atoms with Crippen LogP contribution in [-0.2, 0) is 20.9 Å². The van der Waals surface area contributed by atoms with E-state index in [0.29, 0.717) is 16.1 Å². The molecule has 170 valence electrons. The summed E-state index contributed by atoms with van der Waals surface area (Å²) in [5.74, 6) is -1.61. The summed E-state index contributed by atoms with van der Waals surface area (Å²) in [7, 11) is 0. The van der Waals surface area contributed by atoms with Crippen LogP contribution in [0.1, 0.15) is 25.0 Å². The number of carbonyl (C=O) groups is 3. The Morgan fingerprint density at radius 1 is 1.18 bits per heavy atom. The molecule has 2 heterocycles. The molecule has 33 heavy (non-hydrogen) atoms. The summed E-state index contributed by atoms with van der Waals surface area (Å²) >= 11 is 6.97. The minimum absolute atomic E-state index is 0.197. The highest BCUT2D eigenvalue weighted by Gasteiger charge is 2.37. The third-order valence-corrected chi connectivity index (χ3v) is 6.29. The van der Waals surface area contributed by atoms with Gasteiger partial charge >= 0.3 is 5.97 Å². The molecular formula is C24H20ClFN2O4S. The number of halogens is 2. The van der Waals surface area contributed by atoms with Gasteiger partial charge in [0.05, 0.1) is 17.6 Å². The monoisotopic (exact) mass is 486 g/mol. The van der Waals surface area contributed by atoms with Gasteiger partial charge in [-0.2, -0.15) is 0 Å². The maximum absolute atomic E-state index is 14.4. The molecule has 4 rings (SSSR count). The highest BCUT2D eigenvalue weighted by molar-refractivity contribution is 8.18. The van der Waals surface area contributed by atoms with Crippen molar-refractivity contribution in [2.24, 2.45) is 0 Å². The summed E-state index contributed by atoms with van der Waals surface area (Å²) in [6.07, 6.45) is 3.05. The van der Waals surface area contributed by atoms with Crippen molar-refractivity contribution < 1.29 is 23.5 Å². The first-order chi connectivity index (χ1) is 15.7. The summed E-state index contributed by atoms with van der Waals surface area (Å²) < 4.78 is 21.2. The second-order valence-corrected chi connectivity index (χ2v) is 9.14. The van der Waals surface area contributed by atoms with E-state index >= 15 is 0 Å². The van der Waals surface area contributed by atoms with Crippen molar-refractivity contribution in [1.82, 2.24) is 9.47 Å². The summed E-state index contributed by atoms with van der Waals surface area (Å²) in [5.41, 5.74) is 1.87. The molecule has 2 amide bonds. The van der Waals surface area contributed by atoms with Gasteiger partial charge in [-0.05, 0) is 49.9 Å². The van der Waals surface area contributed by atoms with Crippen LogP contribution >= 0.6 is 23.4 Å². The molecule has 1 saturated heterocycles. The van der Waals surface area contributed by atoms with Gasteiger partial charge in [0.2, 0.25) is 0 Å². The zero-order valence-corrected chi connectivity index (χ0v) is 19.5. The quantitative estimate of drug-likeness (QED) is 0.341. The van der Waals surface area contributed by atoms with Crippen molar-refractivity contribution in [1.29, 1.82) is 0 Å². The number of thioether (sulfide) groups is 1. The van der Waals surface area contributed by atoms with E-state index in [1.807, 2.05) is 28.8 Å². The lowest BCUT2D eigenvalue weighted by Gasteiger charge is -2.13. The molecule has 1 aliphatic rings. The molecule has 0 bridgehead atoms. The molecule has 2 aromatic carbocycles. The Labute approximate surface area is 198 Å². The summed E-state index contributed by atoms with van der Waals surface area (Å²) in [5, 5.41) is 0.619. The standard InChI is InChI=1S/C24H20ClFN2O4S/c1-14(2)32-22(29)13-28-23(30)21(33-24(28)31)10-15-11-27(20-9-4-3-6-16(15)20)12-17-18(25)7-5-8-19(17)26/h3-11,14H,12-13H2,1-2H3/b21-10+. The minimum Gasteiger partial charge on any atom is -0.462 e. The largest absolute Gasteiger partial charge is 0.462 e. The number of hydrogen-bond acceptors (Lipinski definition) is 5. The lowest BCUT2D eigenvalue weighted by molar-refractivity contribution is -0.149. The first-order valence-corrected chi connectivity index (χ1v) is 11.4. The predicted octanol–water partition coefficient (Wildman–Crippen LogP) is 5.47. The third-order valence-electron chi connectivity index (χ3n) is 5.02. The number of fused-ring (bicyclic) bond motifs is 1. The third kappa shape index (κ3) is 4.82. The average Bonchev–Trinajstić information content (AvgIpc) is 3.23. The number of nitrogens with zero attached hydrogens (tertiary/aromatic N) is 2. The molecule has 1 aliphatic heterocycles. The van der Waals surface area contributed by atoms with Crippen LogP contribution < -0.4 is 0 Å². The van der Waals surface area contributed by atoms with E-state index in [0.717, 1.165) is 27.6 Å². The molecule has 1 fully saturated rings. The number of ether oxygens (including phenoxy) is 1. The molecule has 0 unspecified atom stereocenters. The van der Waals surface area contributed by atoms with Gasteiger partial charge in [0.25, 0.3) is 11.1 Å². The second kappa shape index (κ2) is 9.41. The van der Waals surface area contributed by atoms with Gasteiger partial charge in [-0.25, -0.2) is 4.39 Å². The molecular weight excluding hydrogens is 467 g/mol. The van der Waals surface area contributed by atoms with Gasteiger partial charge in [0.1, 0.15) is 12.4 Å². The van der Waals surface area contributed by atoms with E-state index in [1.54, 1.807) is 38.3 Å². The van der Waals surface area contributed by atoms with Gasteiger partial charge in [0.15, 0.2) is 0 Å². The SMILES string of the molecule is CC(C)OC(=O)CN1C(=O)S/C(=C/c2cn(Cc3c(F)cccc3Cl)c3ccccc23)C1=O. The Kier molecular flexibility index (Phi) is 6.58. The van der Waals surface area contributed by atoms with Gasteiger partial charge in [0, 0.05) is 33.2 Å². The van der Waals surface area contributed by atoms with E-state index in [1.165, 1.54) is 6.07 Å². The maximum atomic E-state index is 14.4. The number of imide groups is 1. The van der Waals surface area contributed by atoms with Crippen molar-refractivity contribution in [2.75, 3.05) is 6.54 Å². The van der Waals surface area contributed by atoms with Crippen molar-refractivity contribution in [3.8, 4) is 0 Å². The highest BCUT2D eigenvalue weighted by Crippen LogP contribution is 2.34. The van der Waals surface area contributed by atoms with Crippen molar-refractivity contribution in [2.45, 2.75) is 26.5 Å². The number of para-hydroxylation sites is 1. The fraction of sp³-hybridized carbons (Fsp3) is 0.208. The summed E-state index contributed by atoms with van der Waals surface area (Å²) in [6.45, 7) is 3.14. The molecule has 0 N–H and O–H groups in total. The van der Waals surface area contributed by atoms with Crippen LogP contribution in [0.25, 0.3) is 17.0 Å². The van der Waals surface area contributed by atoms with Gasteiger partial charge in [-0.1, -0.05) is 35.9 Å². The van der Waals surface area contributed by atoms with Crippen molar-refractivity contribution >= 4 is 57.5 Å². The van der Waals surface area contributed by atoms with Gasteiger partial charge < -0.3 is 9.30 Å². The van der Waals surface area contributed by atoms with Crippen molar-refractivity contribution in [3.63, 3.8) is 0 Å². The Balaban J connectivity index is 1.66. The van der Waals surface area contributed by atoms with E-state index in [9.17, 15) is 18.8 Å². The molecule has 0 radical (unpaired) electrons. The first kappa shape index (κ1) is 23.1. The molecule has 9 heteroatoms. The van der Waals surface area contributed by atoms with Crippen LogP contribution in [-0.4, -0.2) is 39.2 Å². The van der Waals surface area contributed by atoms with E-state index in [2.05, 4.69) is 0 Å². The van der Waals surface area contributed by atoms with E-state index < -0.39 is 29.5 Å². The zero-order chi connectivity index (χ0) is 23.7. The number of aromatic nitrogens is 1. The zero-order valence-electron chi connectivity index (χ0n) is 17.9. The number of amides is 2. The number of esters is 1. The van der Waals surface area contributed by atoms with Crippen LogP contribution in [0.4, 0.5) is 9.18 Å². The smallest absolute Gasteiger partial charge is 0.326 e. The molecule has 1 aromatic heterocycles. The van der Waals surface area contributed by atoms with Gasteiger partial charge in [-0.3, -0.25) is 19.3 Å². The molecule has 0 aliphatic carbocycles. The molecule has 0 saturated carbocycles. The average molecular weight is 487 g/mol. The molecule has 3 aromatic rings. The molecule has 0 spiro atoms. The van der Waals surface area contributed by atoms with Crippen LogP contribution in [0.3, 0.4) is 0 Å². The lowest BCUT2D eigenvalue weighted by atomic mass is 10.1. The predicted molar refractivity (Wildman–Crippen MR) is 126 cm³/mol. The number of hydrogen-bond donors (Lipinski definition) is 0. The van der Waals surface area contributed by atoms with Gasteiger partial charge in [-0.15, -0.1) is 0 Å². The number of carbonyl (C=O) groups excluding carboxylic acids is 3. The Hall–Kier alpha value is -3.10.